The minimum absolute atomic E-state index is 0.0325. The maximum absolute atomic E-state index is 13.4. The lowest BCUT2D eigenvalue weighted by molar-refractivity contribution is -0.133. The molecule has 0 unspecified atom stereocenters. The van der Waals surface area contributed by atoms with Crippen LogP contribution in [0.25, 0.3) is 0 Å². The van der Waals surface area contributed by atoms with E-state index in [2.05, 4.69) is 10.2 Å². The van der Waals surface area contributed by atoms with Crippen LogP contribution < -0.4 is 5.32 Å². The molecule has 0 atom stereocenters. The molecular weight excluding hydrogens is 381 g/mol. The number of piperidine rings is 1. The fourth-order valence-electron chi connectivity index (χ4n) is 3.85. The first kappa shape index (κ1) is 22.0. The van der Waals surface area contributed by atoms with E-state index in [1.165, 1.54) is 12.1 Å². The van der Waals surface area contributed by atoms with Gasteiger partial charge in [-0.15, -0.1) is 0 Å². The van der Waals surface area contributed by atoms with Crippen molar-refractivity contribution < 1.29 is 14.0 Å². The molecule has 160 valence electrons. The molecule has 0 radical (unpaired) electrons. The number of benzene rings is 2. The van der Waals surface area contributed by atoms with Gasteiger partial charge in [-0.05, 0) is 56.0 Å². The Bertz CT molecular complexity index is 878. The number of carbonyl (C=O) groups is 2. The smallest absolute Gasteiger partial charge is 0.251 e. The fourth-order valence-corrected chi connectivity index (χ4v) is 3.85. The van der Waals surface area contributed by atoms with E-state index in [0.29, 0.717) is 25.2 Å². The van der Waals surface area contributed by atoms with E-state index in [-0.39, 0.29) is 23.7 Å². The van der Waals surface area contributed by atoms with Gasteiger partial charge in [0.25, 0.3) is 5.91 Å². The van der Waals surface area contributed by atoms with Crippen molar-refractivity contribution >= 4 is 11.8 Å². The average molecular weight is 412 g/mol. The number of carbonyl (C=O) groups excluding carboxylic acids is 2. The summed E-state index contributed by atoms with van der Waals surface area (Å²) in [4.78, 5) is 29.1. The Morgan fingerprint density at radius 3 is 2.53 bits per heavy atom. The molecule has 30 heavy (non-hydrogen) atoms. The van der Waals surface area contributed by atoms with Crippen LogP contribution in [0.15, 0.2) is 48.5 Å². The first-order valence-electron chi connectivity index (χ1n) is 10.6. The lowest BCUT2D eigenvalue weighted by Gasteiger charge is -2.33. The maximum Gasteiger partial charge on any atom is 0.251 e. The highest BCUT2D eigenvalue weighted by Crippen LogP contribution is 2.14. The molecule has 0 aliphatic carbocycles. The Hall–Kier alpha value is -2.73. The van der Waals surface area contributed by atoms with Crippen LogP contribution >= 0.6 is 0 Å². The van der Waals surface area contributed by atoms with Gasteiger partial charge in [0, 0.05) is 37.8 Å². The van der Waals surface area contributed by atoms with Crippen LogP contribution in [0.2, 0.25) is 0 Å². The second-order valence-electron chi connectivity index (χ2n) is 7.88. The summed E-state index contributed by atoms with van der Waals surface area (Å²) in [6, 6.07) is 14.1. The van der Waals surface area contributed by atoms with Crippen molar-refractivity contribution in [3.63, 3.8) is 0 Å². The van der Waals surface area contributed by atoms with E-state index in [1.807, 2.05) is 44.2 Å². The number of likely N-dealkylation sites (N-methyl/N-ethyl adjacent to an activating group) is 1. The van der Waals surface area contributed by atoms with Crippen molar-refractivity contribution in [1.29, 1.82) is 0 Å². The predicted octanol–water partition coefficient (Wildman–Crippen LogP) is 3.38. The summed E-state index contributed by atoms with van der Waals surface area (Å²) < 4.78 is 13.4. The molecule has 2 aromatic rings. The Morgan fingerprint density at radius 2 is 1.87 bits per heavy atom. The fraction of sp³-hybridized carbons (Fsp3) is 0.417. The Kier molecular flexibility index (Phi) is 7.57. The molecule has 0 spiro atoms. The van der Waals surface area contributed by atoms with Gasteiger partial charge in [-0.3, -0.25) is 14.5 Å². The van der Waals surface area contributed by atoms with Gasteiger partial charge >= 0.3 is 0 Å². The highest BCUT2D eigenvalue weighted by molar-refractivity contribution is 5.95. The van der Waals surface area contributed by atoms with Crippen LogP contribution in [0.4, 0.5) is 4.39 Å². The lowest BCUT2D eigenvalue weighted by atomic mass is 10.0. The molecule has 6 heteroatoms. The second-order valence-corrected chi connectivity index (χ2v) is 7.88. The number of nitrogens with one attached hydrogen (secondary N) is 1. The number of likely N-dealkylation sites (tertiary alicyclic amines) is 1. The van der Waals surface area contributed by atoms with Gasteiger partial charge in [0.15, 0.2) is 0 Å². The normalized spacial score (nSPS) is 15.0. The number of halogens is 1. The molecule has 5 nitrogen and oxygen atoms in total. The Balaban J connectivity index is 1.47. The molecule has 1 aliphatic rings. The number of hydrogen-bond donors (Lipinski definition) is 1. The van der Waals surface area contributed by atoms with Gasteiger partial charge in [0.05, 0.1) is 6.54 Å². The molecule has 0 aromatic heterocycles. The third kappa shape index (κ3) is 5.89. The summed E-state index contributed by atoms with van der Waals surface area (Å²) in [5.74, 6) is -0.273. The molecule has 2 aromatic carbocycles. The molecule has 1 aliphatic heterocycles. The van der Waals surface area contributed by atoms with Crippen LogP contribution in [0.1, 0.15) is 41.3 Å². The maximum atomic E-state index is 13.4. The molecule has 0 saturated carbocycles. The van der Waals surface area contributed by atoms with Gasteiger partial charge in [-0.25, -0.2) is 4.39 Å². The summed E-state index contributed by atoms with van der Waals surface area (Å²) in [5, 5.41) is 3.13. The van der Waals surface area contributed by atoms with Crippen LogP contribution in [0.5, 0.6) is 0 Å². The monoisotopic (exact) mass is 411 g/mol. The summed E-state index contributed by atoms with van der Waals surface area (Å²) in [7, 11) is 0. The highest BCUT2D eigenvalue weighted by atomic mass is 19.1. The standard InChI is InChI=1S/C24H30FN3O2/c1-3-28(16-19-8-6-9-20(25)15-19)23(29)17-27-13-11-21(12-14-27)26-24(30)22-10-5-4-7-18(22)2/h4-10,15,21H,3,11-14,16-17H2,1-2H3,(H,26,30). The minimum atomic E-state index is -0.286. The van der Waals surface area contributed by atoms with Gasteiger partial charge in [-0.1, -0.05) is 30.3 Å². The molecule has 3 rings (SSSR count). The second kappa shape index (κ2) is 10.3. The van der Waals surface area contributed by atoms with Crippen molar-refractivity contribution in [1.82, 2.24) is 15.1 Å². The van der Waals surface area contributed by atoms with Gasteiger partial charge in [-0.2, -0.15) is 0 Å². The van der Waals surface area contributed by atoms with E-state index >= 15 is 0 Å². The Labute approximate surface area is 177 Å². The van der Waals surface area contributed by atoms with Crippen molar-refractivity contribution in [3.8, 4) is 0 Å². The lowest BCUT2D eigenvalue weighted by Crippen LogP contribution is -2.48. The van der Waals surface area contributed by atoms with E-state index in [4.69, 9.17) is 0 Å². The first-order chi connectivity index (χ1) is 14.5. The molecule has 1 heterocycles. The third-order valence-corrected chi connectivity index (χ3v) is 5.67. The van der Waals surface area contributed by atoms with E-state index < -0.39 is 0 Å². The number of nitrogens with zero attached hydrogens (tertiary/aromatic N) is 2. The van der Waals surface area contributed by atoms with E-state index in [0.717, 1.165) is 37.1 Å². The molecule has 1 fully saturated rings. The van der Waals surface area contributed by atoms with Crippen molar-refractivity contribution in [2.75, 3.05) is 26.2 Å². The summed E-state index contributed by atoms with van der Waals surface area (Å²) in [5.41, 5.74) is 2.48. The van der Waals surface area contributed by atoms with Crippen molar-refractivity contribution in [2.45, 2.75) is 39.3 Å². The quantitative estimate of drug-likeness (QED) is 0.760. The van der Waals surface area contributed by atoms with Crippen LogP contribution in [0.3, 0.4) is 0 Å². The Morgan fingerprint density at radius 1 is 1.13 bits per heavy atom. The number of hydrogen-bond acceptors (Lipinski definition) is 3. The van der Waals surface area contributed by atoms with Gasteiger partial charge < -0.3 is 10.2 Å². The largest absolute Gasteiger partial charge is 0.349 e. The third-order valence-electron chi connectivity index (χ3n) is 5.67. The van der Waals surface area contributed by atoms with E-state index in [9.17, 15) is 14.0 Å². The molecule has 1 saturated heterocycles. The summed E-state index contributed by atoms with van der Waals surface area (Å²) >= 11 is 0. The number of aryl methyl sites for hydroxylation is 1. The zero-order valence-corrected chi connectivity index (χ0v) is 17.7. The number of amides is 2. The predicted molar refractivity (Wildman–Crippen MR) is 116 cm³/mol. The van der Waals surface area contributed by atoms with Crippen LogP contribution in [-0.2, 0) is 11.3 Å². The van der Waals surface area contributed by atoms with E-state index in [1.54, 1.807) is 11.0 Å². The van der Waals surface area contributed by atoms with Crippen molar-refractivity contribution in [2.24, 2.45) is 0 Å². The van der Waals surface area contributed by atoms with Crippen LogP contribution in [-0.4, -0.2) is 53.8 Å². The zero-order chi connectivity index (χ0) is 21.5. The molecular formula is C24H30FN3O2. The molecule has 1 N–H and O–H groups in total. The van der Waals surface area contributed by atoms with Gasteiger partial charge in [0.1, 0.15) is 5.82 Å². The number of rotatable bonds is 7. The summed E-state index contributed by atoms with van der Waals surface area (Å²) in [6.45, 7) is 6.75. The molecule has 2 amide bonds. The topological polar surface area (TPSA) is 52.7 Å². The van der Waals surface area contributed by atoms with Crippen molar-refractivity contribution in [3.05, 3.63) is 71.0 Å². The zero-order valence-electron chi connectivity index (χ0n) is 17.7. The summed E-state index contributed by atoms with van der Waals surface area (Å²) in [6.07, 6.45) is 1.64. The molecule has 0 bridgehead atoms. The van der Waals surface area contributed by atoms with Gasteiger partial charge in [0.2, 0.25) is 5.91 Å². The van der Waals surface area contributed by atoms with Crippen LogP contribution in [0, 0.1) is 12.7 Å². The first-order valence-corrected chi connectivity index (χ1v) is 10.6. The average Bonchev–Trinajstić information content (AvgIpc) is 2.73. The minimum Gasteiger partial charge on any atom is -0.349 e. The highest BCUT2D eigenvalue weighted by Gasteiger charge is 2.24. The SMILES string of the molecule is CCN(Cc1cccc(F)c1)C(=O)CN1CCC(NC(=O)c2ccccc2C)CC1.